The van der Waals surface area contributed by atoms with Crippen LogP contribution in [-0.2, 0) is 25.7 Å². The van der Waals surface area contributed by atoms with Crippen molar-refractivity contribution in [2.24, 2.45) is 0 Å². The number of aryl methyl sites for hydroxylation is 1. The quantitative estimate of drug-likeness (QED) is 0.0841. The van der Waals surface area contributed by atoms with Gasteiger partial charge in [-0.3, -0.25) is 4.55 Å². The second-order valence-electron chi connectivity index (χ2n) is 14.1. The van der Waals surface area contributed by atoms with Crippen LogP contribution in [0.3, 0.4) is 0 Å². The molecule has 2 aliphatic heterocycles. The van der Waals surface area contributed by atoms with Crippen molar-refractivity contribution in [1.82, 2.24) is 0 Å². The number of nitrogens with zero attached hydrogens (tertiary/aromatic N) is 2. The number of fused-ring (bicyclic) bond motifs is 2. The Morgan fingerprint density at radius 3 is 2.34 bits per heavy atom. The Morgan fingerprint density at radius 1 is 0.915 bits per heavy atom. The number of hydrogen-bond acceptors (Lipinski definition) is 4. The smallest absolute Gasteiger partial charge is 0.294 e. The van der Waals surface area contributed by atoms with Gasteiger partial charge in [0.15, 0.2) is 5.71 Å². The van der Waals surface area contributed by atoms with Gasteiger partial charge in [0.2, 0.25) is 5.69 Å². The molecule has 1 N–H and O–H groups in total. The number of anilines is 1. The molecule has 0 fully saturated rings. The number of benzene rings is 2. The Bertz CT molecular complexity index is 1700. The third kappa shape index (κ3) is 8.06. The highest BCUT2D eigenvalue weighted by molar-refractivity contribution is 7.85. The monoisotopic (exact) mass is 659 g/mol. The van der Waals surface area contributed by atoms with E-state index in [1.54, 1.807) is 13.0 Å². The van der Waals surface area contributed by atoms with Crippen molar-refractivity contribution < 1.29 is 22.3 Å². The fourth-order valence-electron chi connectivity index (χ4n) is 7.25. The third-order valence-corrected chi connectivity index (χ3v) is 10.8. The largest absolute Gasteiger partial charge is 0.344 e. The molecule has 0 bridgehead atoms. The van der Waals surface area contributed by atoms with Crippen LogP contribution < -0.4 is 4.90 Å². The van der Waals surface area contributed by atoms with Gasteiger partial charge in [-0.1, -0.05) is 69.4 Å². The Morgan fingerprint density at radius 2 is 1.66 bits per heavy atom. The van der Waals surface area contributed by atoms with Gasteiger partial charge in [0.05, 0.1) is 10.3 Å². The van der Waals surface area contributed by atoms with Crippen molar-refractivity contribution in [2.45, 2.75) is 122 Å². The van der Waals surface area contributed by atoms with Crippen molar-refractivity contribution in [2.75, 3.05) is 18.0 Å². The number of carbonyl (C=O) groups is 1. The number of ketones is 1. The minimum Gasteiger partial charge on any atom is -0.344 e. The molecule has 254 valence electrons. The van der Waals surface area contributed by atoms with E-state index in [4.69, 9.17) is 0 Å². The maximum absolute atomic E-state index is 12.2. The summed E-state index contributed by atoms with van der Waals surface area (Å²) in [6.45, 7) is 16.8. The molecule has 0 saturated carbocycles. The summed E-state index contributed by atoms with van der Waals surface area (Å²) in [6, 6.07) is 11.8. The van der Waals surface area contributed by atoms with E-state index in [0.717, 1.165) is 81.4 Å². The first-order chi connectivity index (χ1) is 22.3. The molecule has 7 heteroatoms. The fraction of sp³-hybridized carbons (Fsp3) is 0.500. The molecule has 2 heterocycles. The highest BCUT2D eigenvalue weighted by Crippen LogP contribution is 2.51. The zero-order valence-corrected chi connectivity index (χ0v) is 30.4. The van der Waals surface area contributed by atoms with Crippen molar-refractivity contribution in [3.8, 4) is 0 Å². The molecular formula is C40H55N2O4S+. The number of hydrogen-bond donors (Lipinski definition) is 1. The van der Waals surface area contributed by atoms with Gasteiger partial charge in [-0.15, -0.1) is 0 Å². The van der Waals surface area contributed by atoms with E-state index in [-0.39, 0.29) is 16.1 Å². The zero-order valence-electron chi connectivity index (χ0n) is 29.6. The van der Waals surface area contributed by atoms with E-state index in [1.807, 2.05) is 6.07 Å². The van der Waals surface area contributed by atoms with Crippen LogP contribution in [0.5, 0.6) is 0 Å². The lowest BCUT2D eigenvalue weighted by Crippen LogP contribution is -2.29. The molecule has 2 aromatic rings. The first-order valence-corrected chi connectivity index (χ1v) is 18.9. The lowest BCUT2D eigenvalue weighted by atomic mass is 9.77. The van der Waals surface area contributed by atoms with Crippen LogP contribution in [0.4, 0.5) is 11.4 Å². The molecule has 4 rings (SSSR count). The molecule has 0 saturated heterocycles. The van der Waals surface area contributed by atoms with Crippen molar-refractivity contribution in [3.05, 3.63) is 89.2 Å². The average Bonchev–Trinajstić information content (AvgIpc) is 3.36. The summed E-state index contributed by atoms with van der Waals surface area (Å²) < 4.78 is 36.8. The van der Waals surface area contributed by atoms with E-state index < -0.39 is 15.5 Å². The summed E-state index contributed by atoms with van der Waals surface area (Å²) in [5.74, 6) is 0.205. The van der Waals surface area contributed by atoms with Gasteiger partial charge < -0.3 is 9.69 Å². The molecule has 0 spiro atoms. The van der Waals surface area contributed by atoms with E-state index in [0.29, 0.717) is 6.42 Å². The number of rotatable bonds is 16. The highest BCUT2D eigenvalue weighted by Gasteiger charge is 2.45. The van der Waals surface area contributed by atoms with Crippen LogP contribution in [0, 0.1) is 6.92 Å². The lowest BCUT2D eigenvalue weighted by molar-refractivity contribution is -0.438. The number of Topliss-reactive ketones (excluding diaryl/α,β-unsaturated/α-hetero) is 1. The summed E-state index contributed by atoms with van der Waals surface area (Å²) in [6.07, 6.45) is 19.1. The maximum atomic E-state index is 12.2. The fourth-order valence-corrected chi connectivity index (χ4v) is 7.75. The molecule has 0 unspecified atom stereocenters. The standard InChI is InChI=1S/C40H54N2O4S/c1-8-10-26-41-35-23-21-30(3)28-33(35)39(5,6)37(41)19-15-12-16-20-38-40(7,25-17-13-14-18-31(4)43)34-29-32(47(44,45)46)22-24-36(34)42(38)27-11-9-2/h12,15-16,19-24,28-29H,8-11,13-14,17-18,25-27H2,1-7H3/p+1/t40-/m1/s1. The van der Waals surface area contributed by atoms with Crippen LogP contribution in [0.2, 0.25) is 0 Å². The van der Waals surface area contributed by atoms with Gasteiger partial charge in [0.1, 0.15) is 12.3 Å². The maximum Gasteiger partial charge on any atom is 0.294 e. The SMILES string of the molecule is CCCCN1C(=CC=CC=CC2=[N+](CCCC)c3ccc(C)cc3C2(C)C)[C@](C)(CCCCCC(C)=O)c2cc(S(=O)(=O)O)ccc21. The van der Waals surface area contributed by atoms with Crippen LogP contribution in [0.1, 0.15) is 116 Å². The average molecular weight is 660 g/mol. The molecule has 47 heavy (non-hydrogen) atoms. The summed E-state index contributed by atoms with van der Waals surface area (Å²) in [4.78, 5) is 13.8. The van der Waals surface area contributed by atoms with Gasteiger partial charge in [-0.25, -0.2) is 0 Å². The number of allylic oxidation sites excluding steroid dienone is 6. The van der Waals surface area contributed by atoms with E-state index in [1.165, 1.54) is 28.6 Å². The Hall–Kier alpha value is -3.29. The molecular weight excluding hydrogens is 605 g/mol. The van der Waals surface area contributed by atoms with Gasteiger partial charge in [-0.2, -0.15) is 13.0 Å². The summed E-state index contributed by atoms with van der Waals surface area (Å²) in [5.41, 5.74) is 7.75. The Labute approximate surface area is 283 Å². The van der Waals surface area contributed by atoms with Crippen LogP contribution in [0.15, 0.2) is 77.4 Å². The number of carbonyl (C=O) groups excluding carboxylic acids is 1. The first kappa shape index (κ1) is 36.5. The van der Waals surface area contributed by atoms with Crippen LogP contribution in [-0.4, -0.2) is 42.1 Å². The van der Waals surface area contributed by atoms with E-state index in [2.05, 4.69) is 99.6 Å². The normalized spacial score (nSPS) is 19.8. The first-order valence-electron chi connectivity index (χ1n) is 17.5. The topological polar surface area (TPSA) is 77.7 Å². The number of unbranched alkanes of at least 4 members (excludes halogenated alkanes) is 4. The van der Waals surface area contributed by atoms with Crippen molar-refractivity contribution >= 4 is 33.0 Å². The molecule has 0 aromatic heterocycles. The molecule has 0 radical (unpaired) electrons. The van der Waals surface area contributed by atoms with E-state index in [9.17, 15) is 17.8 Å². The second-order valence-corrected chi connectivity index (χ2v) is 15.5. The molecule has 6 nitrogen and oxygen atoms in total. The van der Waals surface area contributed by atoms with Crippen molar-refractivity contribution in [3.63, 3.8) is 0 Å². The van der Waals surface area contributed by atoms with E-state index >= 15 is 0 Å². The summed E-state index contributed by atoms with van der Waals surface area (Å²) in [5, 5.41) is 0. The second kappa shape index (κ2) is 15.3. The van der Waals surface area contributed by atoms with Crippen LogP contribution >= 0.6 is 0 Å². The van der Waals surface area contributed by atoms with Gasteiger partial charge >= 0.3 is 0 Å². The predicted molar refractivity (Wildman–Crippen MR) is 195 cm³/mol. The molecule has 0 aliphatic carbocycles. The molecule has 2 aromatic carbocycles. The Kier molecular flexibility index (Phi) is 11.9. The van der Waals surface area contributed by atoms with Gasteiger partial charge in [-0.05, 0) is 89.8 Å². The summed E-state index contributed by atoms with van der Waals surface area (Å²) >= 11 is 0. The van der Waals surface area contributed by atoms with Gasteiger partial charge in [0, 0.05) is 53.9 Å². The predicted octanol–water partition coefficient (Wildman–Crippen LogP) is 9.53. The summed E-state index contributed by atoms with van der Waals surface area (Å²) in [7, 11) is -4.34. The highest BCUT2D eigenvalue weighted by atomic mass is 32.2. The molecule has 2 aliphatic rings. The Balaban J connectivity index is 1.71. The minimum atomic E-state index is -4.34. The van der Waals surface area contributed by atoms with Gasteiger partial charge in [0.25, 0.3) is 10.1 Å². The van der Waals surface area contributed by atoms with Crippen molar-refractivity contribution in [1.29, 1.82) is 0 Å². The molecule has 1 atom stereocenters. The zero-order chi connectivity index (χ0) is 34.4. The molecule has 0 amide bonds. The lowest BCUT2D eigenvalue weighted by Gasteiger charge is -2.30. The third-order valence-electron chi connectivity index (χ3n) is 9.96. The van der Waals surface area contributed by atoms with Crippen LogP contribution in [0.25, 0.3) is 0 Å². The minimum absolute atomic E-state index is 0.0748.